The first-order valence-corrected chi connectivity index (χ1v) is 7.12. The van der Waals surface area contributed by atoms with Crippen LogP contribution in [0.3, 0.4) is 0 Å². The molecule has 0 radical (unpaired) electrons. The smallest absolute Gasteiger partial charge is 0.0359 e. The van der Waals surface area contributed by atoms with Gasteiger partial charge in [-0.15, -0.1) is 6.58 Å². The zero-order chi connectivity index (χ0) is 14.7. The quantitative estimate of drug-likeness (QED) is 0.751. The van der Waals surface area contributed by atoms with Crippen molar-refractivity contribution < 1.29 is 0 Å². The predicted molar refractivity (Wildman–Crippen MR) is 85.6 cm³/mol. The van der Waals surface area contributed by atoms with Crippen LogP contribution in [0, 0.1) is 0 Å². The molecule has 106 valence electrons. The van der Waals surface area contributed by atoms with Crippen molar-refractivity contribution in [2.45, 2.75) is 65.0 Å². The molecule has 0 aliphatic heterocycles. The van der Waals surface area contributed by atoms with E-state index in [2.05, 4.69) is 77.7 Å². The van der Waals surface area contributed by atoms with Gasteiger partial charge in [0, 0.05) is 11.6 Å². The summed E-state index contributed by atoms with van der Waals surface area (Å²) >= 11 is 0. The van der Waals surface area contributed by atoms with Gasteiger partial charge in [0.1, 0.15) is 0 Å². The van der Waals surface area contributed by atoms with Crippen molar-refractivity contribution in [2.75, 3.05) is 0 Å². The summed E-state index contributed by atoms with van der Waals surface area (Å²) in [6.07, 6.45) is 2.94. The fraction of sp³-hybridized carbons (Fsp3) is 0.556. The molecule has 1 nitrogen and oxygen atoms in total. The molecule has 1 heteroatoms. The summed E-state index contributed by atoms with van der Waals surface area (Å²) in [6.45, 7) is 17.2. The van der Waals surface area contributed by atoms with Crippen molar-refractivity contribution in [2.24, 2.45) is 0 Å². The van der Waals surface area contributed by atoms with Crippen molar-refractivity contribution in [1.82, 2.24) is 5.32 Å². The maximum absolute atomic E-state index is 3.87. The SMILES string of the molecule is C=CC[C@@H](NC(C)(C)C)c1ccc(C(C)(C)C)cc1. The maximum Gasteiger partial charge on any atom is 0.0359 e. The van der Waals surface area contributed by atoms with Gasteiger partial charge in [-0.1, -0.05) is 51.1 Å². The van der Waals surface area contributed by atoms with Gasteiger partial charge in [-0.05, 0) is 43.7 Å². The molecule has 0 aliphatic carbocycles. The van der Waals surface area contributed by atoms with Crippen LogP contribution in [0.1, 0.15) is 65.1 Å². The van der Waals surface area contributed by atoms with E-state index >= 15 is 0 Å². The second-order valence-corrected chi connectivity index (χ2v) is 7.34. The maximum atomic E-state index is 3.87. The lowest BCUT2D eigenvalue weighted by Gasteiger charge is -2.29. The molecule has 0 saturated carbocycles. The number of nitrogens with one attached hydrogen (secondary N) is 1. The fourth-order valence-corrected chi connectivity index (χ4v) is 2.18. The molecule has 0 unspecified atom stereocenters. The lowest BCUT2D eigenvalue weighted by molar-refractivity contribution is 0.364. The summed E-state index contributed by atoms with van der Waals surface area (Å²) in [6, 6.07) is 9.32. The normalized spacial score (nSPS) is 14.2. The molecule has 1 atom stereocenters. The number of hydrogen-bond acceptors (Lipinski definition) is 1. The Labute approximate surface area is 119 Å². The van der Waals surface area contributed by atoms with E-state index in [4.69, 9.17) is 0 Å². The molecule has 0 amide bonds. The molecule has 0 aromatic heterocycles. The Morgan fingerprint density at radius 2 is 1.58 bits per heavy atom. The first-order chi connectivity index (χ1) is 8.63. The molecule has 1 aromatic rings. The van der Waals surface area contributed by atoms with E-state index in [0.717, 1.165) is 6.42 Å². The molecule has 1 aromatic carbocycles. The van der Waals surface area contributed by atoms with Crippen molar-refractivity contribution in [1.29, 1.82) is 0 Å². The lowest BCUT2D eigenvalue weighted by atomic mass is 9.86. The molecule has 0 bridgehead atoms. The number of rotatable bonds is 4. The van der Waals surface area contributed by atoms with Crippen LogP contribution in [0.5, 0.6) is 0 Å². The molecule has 19 heavy (non-hydrogen) atoms. The first kappa shape index (κ1) is 16.0. The van der Waals surface area contributed by atoms with Gasteiger partial charge >= 0.3 is 0 Å². The Morgan fingerprint density at radius 3 is 1.95 bits per heavy atom. The molecule has 0 aliphatic rings. The van der Waals surface area contributed by atoms with Crippen molar-refractivity contribution in [3.8, 4) is 0 Å². The molecule has 0 fully saturated rings. The third-order valence-corrected chi connectivity index (χ3v) is 3.19. The average Bonchev–Trinajstić information content (AvgIpc) is 2.26. The third-order valence-electron chi connectivity index (χ3n) is 3.19. The summed E-state index contributed by atoms with van der Waals surface area (Å²) < 4.78 is 0. The van der Waals surface area contributed by atoms with Crippen LogP contribution in [0.4, 0.5) is 0 Å². The second-order valence-electron chi connectivity index (χ2n) is 7.34. The van der Waals surface area contributed by atoms with Gasteiger partial charge < -0.3 is 5.32 Å². The van der Waals surface area contributed by atoms with Crippen LogP contribution in [0.25, 0.3) is 0 Å². The van der Waals surface area contributed by atoms with Gasteiger partial charge in [-0.2, -0.15) is 0 Å². The van der Waals surface area contributed by atoms with Gasteiger partial charge in [-0.25, -0.2) is 0 Å². The van der Waals surface area contributed by atoms with Crippen LogP contribution < -0.4 is 5.32 Å². The highest BCUT2D eigenvalue weighted by atomic mass is 15.0. The molecule has 1 N–H and O–H groups in total. The lowest BCUT2D eigenvalue weighted by Crippen LogP contribution is -2.38. The Balaban J connectivity index is 2.94. The van der Waals surface area contributed by atoms with Crippen LogP contribution in [-0.4, -0.2) is 5.54 Å². The average molecular weight is 259 g/mol. The van der Waals surface area contributed by atoms with Crippen molar-refractivity contribution in [3.63, 3.8) is 0 Å². The second kappa shape index (κ2) is 5.92. The van der Waals surface area contributed by atoms with Crippen LogP contribution >= 0.6 is 0 Å². The van der Waals surface area contributed by atoms with Crippen LogP contribution in [0.15, 0.2) is 36.9 Å². The van der Waals surface area contributed by atoms with Gasteiger partial charge in [0.25, 0.3) is 0 Å². The number of hydrogen-bond donors (Lipinski definition) is 1. The van der Waals surface area contributed by atoms with E-state index in [9.17, 15) is 0 Å². The standard InChI is InChI=1S/C18H29N/c1-8-9-16(19-18(5,6)7)14-10-12-15(13-11-14)17(2,3)4/h8,10-13,16,19H,1,9H2,2-7H3/t16-/m1/s1. The molecule has 0 spiro atoms. The van der Waals surface area contributed by atoms with E-state index in [0.29, 0.717) is 6.04 Å². The van der Waals surface area contributed by atoms with Gasteiger partial charge in [0.2, 0.25) is 0 Å². The summed E-state index contributed by atoms with van der Waals surface area (Å²) in [5.74, 6) is 0. The summed E-state index contributed by atoms with van der Waals surface area (Å²) in [4.78, 5) is 0. The fourth-order valence-electron chi connectivity index (χ4n) is 2.18. The monoisotopic (exact) mass is 259 g/mol. The van der Waals surface area contributed by atoms with E-state index in [-0.39, 0.29) is 11.0 Å². The van der Waals surface area contributed by atoms with Crippen LogP contribution in [-0.2, 0) is 5.41 Å². The molecule has 0 saturated heterocycles. The molecule has 1 rings (SSSR count). The summed E-state index contributed by atoms with van der Waals surface area (Å²) in [5.41, 5.74) is 3.03. The topological polar surface area (TPSA) is 12.0 Å². The van der Waals surface area contributed by atoms with Crippen molar-refractivity contribution >= 4 is 0 Å². The Kier molecular flexibility index (Phi) is 4.98. The highest BCUT2D eigenvalue weighted by Gasteiger charge is 2.19. The van der Waals surface area contributed by atoms with E-state index in [1.807, 2.05) is 6.08 Å². The van der Waals surface area contributed by atoms with E-state index in [1.54, 1.807) is 0 Å². The molecule has 0 heterocycles. The summed E-state index contributed by atoms with van der Waals surface area (Å²) in [5, 5.41) is 3.66. The highest BCUT2D eigenvalue weighted by molar-refractivity contribution is 5.29. The Bertz CT molecular complexity index is 401. The Hall–Kier alpha value is -1.08. The minimum Gasteiger partial charge on any atom is -0.305 e. The number of benzene rings is 1. The van der Waals surface area contributed by atoms with Gasteiger partial charge in [0.05, 0.1) is 0 Å². The third kappa shape index (κ3) is 5.20. The largest absolute Gasteiger partial charge is 0.305 e. The van der Waals surface area contributed by atoms with E-state index < -0.39 is 0 Å². The molecular weight excluding hydrogens is 230 g/mol. The zero-order valence-electron chi connectivity index (χ0n) is 13.4. The van der Waals surface area contributed by atoms with Gasteiger partial charge in [-0.3, -0.25) is 0 Å². The minimum atomic E-state index is 0.108. The zero-order valence-corrected chi connectivity index (χ0v) is 13.4. The molecular formula is C18H29N. The first-order valence-electron chi connectivity index (χ1n) is 7.12. The van der Waals surface area contributed by atoms with Crippen molar-refractivity contribution in [3.05, 3.63) is 48.0 Å². The minimum absolute atomic E-state index is 0.108. The summed E-state index contributed by atoms with van der Waals surface area (Å²) in [7, 11) is 0. The van der Waals surface area contributed by atoms with Gasteiger partial charge in [0.15, 0.2) is 0 Å². The van der Waals surface area contributed by atoms with E-state index in [1.165, 1.54) is 11.1 Å². The Morgan fingerprint density at radius 1 is 1.05 bits per heavy atom. The van der Waals surface area contributed by atoms with Crippen LogP contribution in [0.2, 0.25) is 0 Å². The highest BCUT2D eigenvalue weighted by Crippen LogP contribution is 2.26. The predicted octanol–water partition coefficient (Wildman–Crippen LogP) is 4.99.